The largest absolute Gasteiger partial charge is 0.478 e. The van der Waals surface area contributed by atoms with Gasteiger partial charge in [0.05, 0.1) is 12.7 Å². The molecule has 126 valence electrons. The lowest BCUT2D eigenvalue weighted by Crippen LogP contribution is -2.01. The quantitative estimate of drug-likeness (QED) is 0.672. The smallest absolute Gasteiger partial charge is 0.357 e. The van der Waals surface area contributed by atoms with E-state index < -0.39 is 11.9 Å². The van der Waals surface area contributed by atoms with Crippen LogP contribution in [0.2, 0.25) is 0 Å². The summed E-state index contributed by atoms with van der Waals surface area (Å²) in [6.07, 6.45) is 0. The van der Waals surface area contributed by atoms with Gasteiger partial charge in [-0.3, -0.25) is 0 Å². The lowest BCUT2D eigenvalue weighted by molar-refractivity contribution is 0.0594. The maximum Gasteiger partial charge on any atom is 0.357 e. The molecule has 3 rings (SSSR count). The van der Waals surface area contributed by atoms with Crippen molar-refractivity contribution in [1.82, 2.24) is 4.98 Å². The Hall–Kier alpha value is -3.19. The number of aromatic nitrogens is 1. The Labute approximate surface area is 147 Å². The highest BCUT2D eigenvalue weighted by atomic mass is 32.1. The molecule has 0 aliphatic heterocycles. The molecule has 2 aromatic carbocycles. The summed E-state index contributed by atoms with van der Waals surface area (Å²) in [6, 6.07) is 14.3. The zero-order valence-electron chi connectivity index (χ0n) is 13.2. The topological polar surface area (TPSA) is 88.5 Å². The number of carboxylic acids is 1. The molecular formula is C18H14N2O4S. The average molecular weight is 354 g/mol. The third-order valence-electron chi connectivity index (χ3n) is 3.50. The van der Waals surface area contributed by atoms with Gasteiger partial charge in [-0.2, -0.15) is 0 Å². The van der Waals surface area contributed by atoms with Crippen molar-refractivity contribution in [3.05, 3.63) is 65.2 Å². The summed E-state index contributed by atoms with van der Waals surface area (Å²) >= 11 is 1.31. The fourth-order valence-corrected chi connectivity index (χ4v) is 2.90. The monoisotopic (exact) mass is 354 g/mol. The predicted molar refractivity (Wildman–Crippen MR) is 95.6 cm³/mol. The summed E-state index contributed by atoms with van der Waals surface area (Å²) in [5, 5.41) is 14.3. The van der Waals surface area contributed by atoms with Crippen LogP contribution in [0.15, 0.2) is 53.9 Å². The molecule has 0 saturated carbocycles. The normalized spacial score (nSPS) is 10.3. The highest BCUT2D eigenvalue weighted by Gasteiger charge is 2.10. The first-order valence-corrected chi connectivity index (χ1v) is 8.19. The first kappa shape index (κ1) is 16.7. The highest BCUT2D eigenvalue weighted by Crippen LogP contribution is 2.25. The van der Waals surface area contributed by atoms with Gasteiger partial charge in [0.1, 0.15) is 0 Å². The SMILES string of the molecule is COC(=O)c1csc(Nc2ccc(-c3ccc(C(=O)O)cc3)cc2)n1. The molecule has 0 spiro atoms. The summed E-state index contributed by atoms with van der Waals surface area (Å²) in [5.74, 6) is -1.41. The number of carbonyl (C=O) groups excluding carboxylic acids is 1. The minimum absolute atomic E-state index is 0.257. The van der Waals surface area contributed by atoms with E-state index >= 15 is 0 Å². The molecule has 25 heavy (non-hydrogen) atoms. The van der Waals surface area contributed by atoms with Crippen LogP contribution in [0, 0.1) is 0 Å². The van der Waals surface area contributed by atoms with Gasteiger partial charge in [0.15, 0.2) is 10.8 Å². The molecule has 0 aliphatic carbocycles. The summed E-state index contributed by atoms with van der Waals surface area (Å²) in [7, 11) is 1.32. The number of carbonyl (C=O) groups is 2. The van der Waals surface area contributed by atoms with Gasteiger partial charge in [-0.05, 0) is 35.4 Å². The molecule has 0 saturated heterocycles. The molecule has 7 heteroatoms. The van der Waals surface area contributed by atoms with E-state index in [-0.39, 0.29) is 11.3 Å². The van der Waals surface area contributed by atoms with E-state index in [0.717, 1.165) is 16.8 Å². The summed E-state index contributed by atoms with van der Waals surface area (Å²) in [4.78, 5) is 26.5. The third-order valence-corrected chi connectivity index (χ3v) is 4.26. The van der Waals surface area contributed by atoms with Crippen LogP contribution >= 0.6 is 11.3 Å². The van der Waals surface area contributed by atoms with Crippen molar-refractivity contribution < 1.29 is 19.4 Å². The number of aromatic carboxylic acids is 1. The number of anilines is 2. The van der Waals surface area contributed by atoms with Gasteiger partial charge in [0, 0.05) is 11.1 Å². The second kappa shape index (κ2) is 7.14. The number of esters is 1. The fraction of sp³-hybridized carbons (Fsp3) is 0.0556. The predicted octanol–water partition coefficient (Wildman–Crippen LogP) is 4.04. The van der Waals surface area contributed by atoms with Crippen molar-refractivity contribution in [3.63, 3.8) is 0 Å². The first-order chi connectivity index (χ1) is 12.1. The van der Waals surface area contributed by atoms with Crippen molar-refractivity contribution in [2.45, 2.75) is 0 Å². The molecule has 0 aliphatic rings. The van der Waals surface area contributed by atoms with E-state index in [4.69, 9.17) is 5.11 Å². The van der Waals surface area contributed by atoms with E-state index in [9.17, 15) is 9.59 Å². The zero-order valence-corrected chi connectivity index (χ0v) is 14.0. The number of ether oxygens (including phenoxy) is 1. The summed E-state index contributed by atoms with van der Waals surface area (Å²) in [5.41, 5.74) is 3.25. The molecule has 0 radical (unpaired) electrons. The third kappa shape index (κ3) is 3.84. The second-order valence-corrected chi connectivity index (χ2v) is 5.97. The van der Waals surface area contributed by atoms with E-state index in [2.05, 4.69) is 15.0 Å². The first-order valence-electron chi connectivity index (χ1n) is 7.31. The van der Waals surface area contributed by atoms with Gasteiger partial charge < -0.3 is 15.2 Å². The number of thiazole rings is 1. The van der Waals surface area contributed by atoms with Crippen LogP contribution in [0.3, 0.4) is 0 Å². The Morgan fingerprint density at radius 2 is 1.64 bits per heavy atom. The number of hydrogen-bond donors (Lipinski definition) is 2. The Morgan fingerprint density at radius 3 is 2.20 bits per heavy atom. The molecule has 1 heterocycles. The zero-order chi connectivity index (χ0) is 17.8. The molecule has 0 bridgehead atoms. The summed E-state index contributed by atoms with van der Waals surface area (Å²) < 4.78 is 4.63. The van der Waals surface area contributed by atoms with E-state index in [1.165, 1.54) is 18.4 Å². The molecule has 6 nitrogen and oxygen atoms in total. The van der Waals surface area contributed by atoms with Crippen LogP contribution < -0.4 is 5.32 Å². The van der Waals surface area contributed by atoms with Crippen molar-refractivity contribution in [2.75, 3.05) is 12.4 Å². The minimum atomic E-state index is -0.944. The Morgan fingerprint density at radius 1 is 1.04 bits per heavy atom. The average Bonchev–Trinajstić information content (AvgIpc) is 3.10. The van der Waals surface area contributed by atoms with E-state index in [1.807, 2.05) is 24.3 Å². The lowest BCUT2D eigenvalue weighted by atomic mass is 10.0. The van der Waals surface area contributed by atoms with Gasteiger partial charge >= 0.3 is 11.9 Å². The number of nitrogens with zero attached hydrogens (tertiary/aromatic N) is 1. The van der Waals surface area contributed by atoms with Gasteiger partial charge in [0.2, 0.25) is 0 Å². The number of nitrogens with one attached hydrogen (secondary N) is 1. The maximum absolute atomic E-state index is 11.4. The van der Waals surface area contributed by atoms with Gasteiger partial charge in [0.25, 0.3) is 0 Å². The molecule has 0 atom stereocenters. The summed E-state index contributed by atoms with van der Waals surface area (Å²) in [6.45, 7) is 0. The fourth-order valence-electron chi connectivity index (χ4n) is 2.20. The van der Waals surface area contributed by atoms with Crippen molar-refractivity contribution >= 4 is 34.1 Å². The van der Waals surface area contributed by atoms with Crippen molar-refractivity contribution in [1.29, 1.82) is 0 Å². The standard InChI is InChI=1S/C18H14N2O4S/c1-24-17(23)15-10-25-18(20-15)19-14-8-6-12(7-9-14)11-2-4-13(5-3-11)16(21)22/h2-10H,1H3,(H,19,20)(H,21,22). The number of methoxy groups -OCH3 is 1. The molecule has 1 aromatic heterocycles. The lowest BCUT2D eigenvalue weighted by Gasteiger charge is -2.06. The number of hydrogen-bond acceptors (Lipinski definition) is 6. The molecular weight excluding hydrogens is 340 g/mol. The van der Waals surface area contributed by atoms with Crippen LogP contribution in [0.4, 0.5) is 10.8 Å². The van der Waals surface area contributed by atoms with E-state index in [0.29, 0.717) is 5.13 Å². The molecule has 0 fully saturated rings. The van der Waals surface area contributed by atoms with E-state index in [1.54, 1.807) is 29.6 Å². The van der Waals surface area contributed by atoms with Gasteiger partial charge in [-0.25, -0.2) is 14.6 Å². The Balaban J connectivity index is 1.72. The molecule has 3 aromatic rings. The number of carboxylic acid groups (broad SMARTS) is 1. The van der Waals surface area contributed by atoms with Gasteiger partial charge in [-0.15, -0.1) is 11.3 Å². The van der Waals surface area contributed by atoms with Crippen molar-refractivity contribution in [2.24, 2.45) is 0 Å². The molecule has 0 unspecified atom stereocenters. The molecule has 0 amide bonds. The molecule has 2 N–H and O–H groups in total. The van der Waals surface area contributed by atoms with Crippen LogP contribution in [0.1, 0.15) is 20.8 Å². The Kier molecular flexibility index (Phi) is 4.76. The second-order valence-electron chi connectivity index (χ2n) is 5.11. The number of benzene rings is 2. The highest BCUT2D eigenvalue weighted by molar-refractivity contribution is 7.14. The van der Waals surface area contributed by atoms with Crippen LogP contribution in [0.5, 0.6) is 0 Å². The van der Waals surface area contributed by atoms with Crippen LogP contribution in [-0.2, 0) is 4.74 Å². The van der Waals surface area contributed by atoms with Crippen LogP contribution in [0.25, 0.3) is 11.1 Å². The maximum atomic E-state index is 11.4. The number of rotatable bonds is 5. The minimum Gasteiger partial charge on any atom is -0.478 e. The Bertz CT molecular complexity index is 902. The van der Waals surface area contributed by atoms with Crippen molar-refractivity contribution in [3.8, 4) is 11.1 Å². The van der Waals surface area contributed by atoms with Gasteiger partial charge in [-0.1, -0.05) is 24.3 Å². The van der Waals surface area contributed by atoms with Crippen LogP contribution in [-0.4, -0.2) is 29.1 Å².